The van der Waals surface area contributed by atoms with E-state index in [2.05, 4.69) is 70.6 Å². The lowest BCUT2D eigenvalue weighted by atomic mass is 10.0. The van der Waals surface area contributed by atoms with Crippen molar-refractivity contribution in [1.82, 2.24) is 5.32 Å². The van der Waals surface area contributed by atoms with Gasteiger partial charge in [-0.25, -0.2) is 0 Å². The zero-order chi connectivity index (χ0) is 14.7. The summed E-state index contributed by atoms with van der Waals surface area (Å²) in [4.78, 5) is 0. The summed E-state index contributed by atoms with van der Waals surface area (Å²) in [5.74, 6) is 1.00. The highest BCUT2D eigenvalue weighted by atomic mass is 79.9. The van der Waals surface area contributed by atoms with Gasteiger partial charge < -0.3 is 10.1 Å². The summed E-state index contributed by atoms with van der Waals surface area (Å²) in [6.45, 7) is 3.82. The maximum atomic E-state index is 5.86. The smallest absolute Gasteiger partial charge is 0.125 e. The van der Waals surface area contributed by atoms with Gasteiger partial charge in [0.2, 0.25) is 0 Å². The van der Waals surface area contributed by atoms with Crippen LogP contribution in [0.2, 0.25) is 0 Å². The van der Waals surface area contributed by atoms with E-state index in [4.69, 9.17) is 4.74 Å². The van der Waals surface area contributed by atoms with E-state index in [0.717, 1.165) is 36.2 Å². The average Bonchev–Trinajstić information content (AvgIpc) is 2.67. The molecule has 1 atom stereocenters. The Labute approximate surface area is 134 Å². The zero-order valence-electron chi connectivity index (χ0n) is 12.2. The fourth-order valence-electron chi connectivity index (χ4n) is 2.82. The predicted molar refractivity (Wildman–Crippen MR) is 89.6 cm³/mol. The van der Waals surface area contributed by atoms with Crippen LogP contribution in [0.15, 0.2) is 46.9 Å². The first-order chi connectivity index (χ1) is 10.2. The summed E-state index contributed by atoms with van der Waals surface area (Å²) in [5, 5.41) is 3.69. The Balaban J connectivity index is 1.76. The Morgan fingerprint density at radius 2 is 2.14 bits per heavy atom. The van der Waals surface area contributed by atoms with Crippen LogP contribution < -0.4 is 10.1 Å². The predicted octanol–water partition coefficient (Wildman–Crippen LogP) is 4.76. The second kappa shape index (κ2) is 6.63. The molecular weight excluding hydrogens is 326 g/mol. The second-order valence-corrected chi connectivity index (χ2v) is 6.51. The van der Waals surface area contributed by atoms with Gasteiger partial charge in [0, 0.05) is 22.6 Å². The number of ether oxygens (including phenoxy) is 1. The molecule has 0 amide bonds. The molecule has 2 nitrogen and oxygen atoms in total. The van der Waals surface area contributed by atoms with Crippen molar-refractivity contribution in [1.29, 1.82) is 0 Å². The molecule has 1 unspecified atom stereocenters. The van der Waals surface area contributed by atoms with Gasteiger partial charge in [-0.3, -0.25) is 0 Å². The van der Waals surface area contributed by atoms with Gasteiger partial charge in [-0.2, -0.15) is 0 Å². The molecule has 1 aliphatic heterocycles. The summed E-state index contributed by atoms with van der Waals surface area (Å²) in [5.41, 5.74) is 3.91. The number of fused-ring (bicyclic) bond motifs is 1. The highest BCUT2D eigenvalue weighted by Crippen LogP contribution is 2.33. The van der Waals surface area contributed by atoms with E-state index in [-0.39, 0.29) is 0 Å². The van der Waals surface area contributed by atoms with Crippen LogP contribution in [0.4, 0.5) is 0 Å². The number of hydrogen-bond acceptors (Lipinski definition) is 2. The summed E-state index contributed by atoms with van der Waals surface area (Å²) in [6, 6.07) is 15.4. The number of aryl methyl sites for hydroxylation is 1. The van der Waals surface area contributed by atoms with Crippen molar-refractivity contribution in [3.8, 4) is 5.75 Å². The largest absolute Gasteiger partial charge is 0.493 e. The maximum absolute atomic E-state index is 5.86. The number of rotatable bonds is 3. The van der Waals surface area contributed by atoms with E-state index in [1.54, 1.807) is 0 Å². The summed E-state index contributed by atoms with van der Waals surface area (Å²) < 4.78 is 6.93. The van der Waals surface area contributed by atoms with Crippen LogP contribution in [-0.2, 0) is 6.54 Å². The van der Waals surface area contributed by atoms with Crippen LogP contribution in [0, 0.1) is 6.92 Å². The van der Waals surface area contributed by atoms with E-state index in [1.165, 1.54) is 16.7 Å². The molecule has 1 heterocycles. The van der Waals surface area contributed by atoms with Crippen molar-refractivity contribution in [3.05, 3.63) is 63.6 Å². The molecule has 0 aromatic heterocycles. The Kier molecular flexibility index (Phi) is 4.61. The fourth-order valence-corrected chi connectivity index (χ4v) is 3.16. The van der Waals surface area contributed by atoms with E-state index >= 15 is 0 Å². The van der Waals surface area contributed by atoms with Crippen molar-refractivity contribution >= 4 is 15.9 Å². The number of benzene rings is 2. The quantitative estimate of drug-likeness (QED) is 0.865. The van der Waals surface area contributed by atoms with Crippen LogP contribution in [0.25, 0.3) is 0 Å². The lowest BCUT2D eigenvalue weighted by molar-refractivity contribution is 0.315. The highest BCUT2D eigenvalue weighted by Gasteiger charge is 2.19. The highest BCUT2D eigenvalue weighted by molar-refractivity contribution is 9.10. The van der Waals surface area contributed by atoms with Crippen molar-refractivity contribution in [2.45, 2.75) is 32.4 Å². The van der Waals surface area contributed by atoms with Crippen molar-refractivity contribution in [3.63, 3.8) is 0 Å². The number of halogens is 1. The Bertz CT molecular complexity index is 626. The molecule has 21 heavy (non-hydrogen) atoms. The summed E-state index contributed by atoms with van der Waals surface area (Å²) in [6.07, 6.45) is 2.19. The lowest BCUT2D eigenvalue weighted by Gasteiger charge is -2.19. The second-order valence-electron chi connectivity index (χ2n) is 5.60. The Morgan fingerprint density at radius 3 is 3.00 bits per heavy atom. The lowest BCUT2D eigenvalue weighted by Crippen LogP contribution is -2.20. The molecule has 0 aliphatic carbocycles. The van der Waals surface area contributed by atoms with Crippen LogP contribution in [0.3, 0.4) is 0 Å². The molecule has 0 bridgehead atoms. The van der Waals surface area contributed by atoms with Crippen molar-refractivity contribution < 1.29 is 4.74 Å². The minimum absolute atomic E-state index is 0.358. The van der Waals surface area contributed by atoms with Crippen LogP contribution >= 0.6 is 15.9 Å². The van der Waals surface area contributed by atoms with Crippen molar-refractivity contribution in [2.24, 2.45) is 0 Å². The van der Waals surface area contributed by atoms with Gasteiger partial charge in [-0.15, -0.1) is 0 Å². The van der Waals surface area contributed by atoms with Crippen molar-refractivity contribution in [2.75, 3.05) is 6.61 Å². The Morgan fingerprint density at radius 1 is 1.24 bits per heavy atom. The van der Waals surface area contributed by atoms with Gasteiger partial charge in [0.15, 0.2) is 0 Å². The molecule has 110 valence electrons. The normalized spacial score (nSPS) is 17.7. The molecule has 1 aliphatic rings. The zero-order valence-corrected chi connectivity index (χ0v) is 13.8. The standard InChI is InChI=1S/C18H20BrNO/c1-13-4-2-5-14(10-13)12-20-17-6-3-9-21-18-11-15(19)7-8-16(17)18/h2,4-5,7-8,10-11,17,20H,3,6,9,12H2,1H3. The SMILES string of the molecule is Cc1cccc(CNC2CCCOc3cc(Br)ccc32)c1. The van der Waals surface area contributed by atoms with E-state index in [1.807, 2.05) is 0 Å². The maximum Gasteiger partial charge on any atom is 0.125 e. The molecule has 0 saturated heterocycles. The van der Waals surface area contributed by atoms with Crippen LogP contribution in [-0.4, -0.2) is 6.61 Å². The minimum Gasteiger partial charge on any atom is -0.493 e. The fraction of sp³-hybridized carbons (Fsp3) is 0.333. The van der Waals surface area contributed by atoms with Gasteiger partial charge in [0.05, 0.1) is 6.61 Å². The molecule has 0 radical (unpaired) electrons. The van der Waals surface area contributed by atoms with Gasteiger partial charge >= 0.3 is 0 Å². The molecule has 1 N–H and O–H groups in total. The monoisotopic (exact) mass is 345 g/mol. The minimum atomic E-state index is 0.358. The van der Waals surface area contributed by atoms with E-state index < -0.39 is 0 Å². The first-order valence-electron chi connectivity index (χ1n) is 7.43. The summed E-state index contributed by atoms with van der Waals surface area (Å²) in [7, 11) is 0. The molecule has 2 aromatic carbocycles. The third kappa shape index (κ3) is 3.66. The molecule has 0 fully saturated rings. The molecular formula is C18H20BrNO. The first-order valence-corrected chi connectivity index (χ1v) is 8.23. The van der Waals surface area contributed by atoms with Crippen LogP contribution in [0.1, 0.15) is 35.6 Å². The third-order valence-electron chi connectivity index (χ3n) is 3.88. The van der Waals surface area contributed by atoms with Gasteiger partial charge in [0.25, 0.3) is 0 Å². The summed E-state index contributed by atoms with van der Waals surface area (Å²) >= 11 is 3.52. The number of hydrogen-bond donors (Lipinski definition) is 1. The van der Waals surface area contributed by atoms with Gasteiger partial charge in [0.1, 0.15) is 5.75 Å². The third-order valence-corrected chi connectivity index (χ3v) is 4.37. The van der Waals surface area contributed by atoms with E-state index in [0.29, 0.717) is 6.04 Å². The molecule has 3 heteroatoms. The molecule has 0 spiro atoms. The topological polar surface area (TPSA) is 21.3 Å². The first kappa shape index (κ1) is 14.6. The van der Waals surface area contributed by atoms with Gasteiger partial charge in [-0.05, 0) is 37.5 Å². The van der Waals surface area contributed by atoms with Gasteiger partial charge in [-0.1, -0.05) is 51.8 Å². The number of nitrogens with one attached hydrogen (secondary N) is 1. The molecule has 0 saturated carbocycles. The average molecular weight is 346 g/mol. The van der Waals surface area contributed by atoms with E-state index in [9.17, 15) is 0 Å². The van der Waals surface area contributed by atoms with Crippen LogP contribution in [0.5, 0.6) is 5.75 Å². The molecule has 3 rings (SSSR count). The molecule has 2 aromatic rings. The Hall–Kier alpha value is -1.32.